The highest BCUT2D eigenvalue weighted by Crippen LogP contribution is 2.38. The van der Waals surface area contributed by atoms with Crippen molar-refractivity contribution in [2.24, 2.45) is 0 Å². The fourth-order valence-corrected chi connectivity index (χ4v) is 1.79. The van der Waals surface area contributed by atoms with E-state index >= 15 is 0 Å². The van der Waals surface area contributed by atoms with E-state index in [0.717, 1.165) is 17.7 Å². The number of nitriles is 1. The second-order valence-electron chi connectivity index (χ2n) is 3.41. The minimum atomic E-state index is 0.111. The maximum Gasteiger partial charge on any atom is 0.122 e. The van der Waals surface area contributed by atoms with Crippen molar-refractivity contribution < 1.29 is 4.74 Å². The molecule has 2 rings (SSSR count). The van der Waals surface area contributed by atoms with Gasteiger partial charge in [0.25, 0.3) is 0 Å². The van der Waals surface area contributed by atoms with Crippen LogP contribution in [0.1, 0.15) is 22.6 Å². The third kappa shape index (κ3) is 1.08. The summed E-state index contributed by atoms with van der Waals surface area (Å²) in [4.78, 5) is 0. The lowest BCUT2D eigenvalue weighted by atomic mass is 9.77. The molecule has 0 aromatic heterocycles. The average Bonchev–Trinajstić information content (AvgIpc) is 2.12. The predicted octanol–water partition coefficient (Wildman–Crippen LogP) is 2.17. The molecule has 2 heteroatoms. The van der Waals surface area contributed by atoms with Crippen LogP contribution < -0.4 is 4.74 Å². The highest BCUT2D eigenvalue weighted by atomic mass is 16.5. The molecule has 1 aromatic rings. The topological polar surface area (TPSA) is 33.0 Å². The summed E-state index contributed by atoms with van der Waals surface area (Å²) in [5, 5.41) is 8.77. The summed E-state index contributed by atoms with van der Waals surface area (Å²) in [6, 6.07) is 6.38. The molecule has 0 radical (unpaired) electrons. The number of nitrogens with zero attached hydrogens (tertiary/aromatic N) is 1. The highest BCUT2D eigenvalue weighted by molar-refractivity contribution is 5.51. The molecule has 66 valence electrons. The lowest BCUT2D eigenvalue weighted by molar-refractivity contribution is 0.410. The van der Waals surface area contributed by atoms with Crippen LogP contribution in [0, 0.1) is 18.3 Å². The van der Waals surface area contributed by atoms with Crippen LogP contribution in [-0.2, 0) is 6.42 Å². The van der Waals surface area contributed by atoms with Crippen molar-refractivity contribution in [1.29, 1.82) is 5.26 Å². The van der Waals surface area contributed by atoms with E-state index in [0.29, 0.717) is 0 Å². The molecule has 1 atom stereocenters. The van der Waals surface area contributed by atoms with Crippen molar-refractivity contribution in [2.45, 2.75) is 19.3 Å². The van der Waals surface area contributed by atoms with Crippen LogP contribution in [0.2, 0.25) is 0 Å². The molecular weight excluding hydrogens is 162 g/mol. The average molecular weight is 173 g/mol. The summed E-state index contributed by atoms with van der Waals surface area (Å²) in [5.74, 6) is 1.04. The van der Waals surface area contributed by atoms with Crippen LogP contribution in [0.15, 0.2) is 12.1 Å². The zero-order valence-corrected chi connectivity index (χ0v) is 7.79. The molecule has 0 amide bonds. The number of aryl methyl sites for hydroxylation is 1. The summed E-state index contributed by atoms with van der Waals surface area (Å²) >= 11 is 0. The highest BCUT2D eigenvalue weighted by Gasteiger charge is 2.26. The van der Waals surface area contributed by atoms with Gasteiger partial charge in [-0.3, -0.25) is 0 Å². The Morgan fingerprint density at radius 1 is 1.54 bits per heavy atom. The van der Waals surface area contributed by atoms with E-state index in [9.17, 15) is 0 Å². The zero-order valence-electron chi connectivity index (χ0n) is 7.79. The number of ether oxygens (including phenoxy) is 1. The Balaban J connectivity index is 2.45. The molecule has 0 fully saturated rings. The van der Waals surface area contributed by atoms with E-state index in [2.05, 4.69) is 12.1 Å². The molecule has 1 aromatic carbocycles. The molecule has 0 bridgehead atoms. The van der Waals surface area contributed by atoms with E-state index in [1.807, 2.05) is 13.0 Å². The van der Waals surface area contributed by atoms with Gasteiger partial charge in [-0.05, 0) is 36.1 Å². The van der Waals surface area contributed by atoms with Crippen LogP contribution in [0.5, 0.6) is 5.75 Å². The Morgan fingerprint density at radius 2 is 2.31 bits per heavy atom. The number of hydrogen-bond donors (Lipinski definition) is 0. The van der Waals surface area contributed by atoms with E-state index < -0.39 is 0 Å². The molecule has 0 aliphatic heterocycles. The second kappa shape index (κ2) is 2.77. The van der Waals surface area contributed by atoms with Crippen molar-refractivity contribution in [1.82, 2.24) is 0 Å². The van der Waals surface area contributed by atoms with Crippen molar-refractivity contribution in [3.8, 4) is 11.8 Å². The Hall–Kier alpha value is -1.49. The van der Waals surface area contributed by atoms with Gasteiger partial charge in [-0.1, -0.05) is 6.07 Å². The van der Waals surface area contributed by atoms with E-state index in [-0.39, 0.29) is 5.92 Å². The van der Waals surface area contributed by atoms with Gasteiger partial charge in [0.05, 0.1) is 19.1 Å². The third-order valence-corrected chi connectivity index (χ3v) is 2.61. The predicted molar refractivity (Wildman–Crippen MR) is 49.8 cm³/mol. The minimum Gasteiger partial charge on any atom is -0.496 e. The van der Waals surface area contributed by atoms with Gasteiger partial charge in [-0.15, -0.1) is 0 Å². The Bertz CT molecular complexity index is 390. The largest absolute Gasteiger partial charge is 0.496 e. The van der Waals surface area contributed by atoms with Crippen LogP contribution in [0.25, 0.3) is 0 Å². The quantitative estimate of drug-likeness (QED) is 0.652. The Kier molecular flexibility index (Phi) is 1.73. The molecular formula is C11H11NO. The minimum absolute atomic E-state index is 0.111. The molecule has 0 saturated carbocycles. The Morgan fingerprint density at radius 3 is 2.92 bits per heavy atom. The van der Waals surface area contributed by atoms with Gasteiger partial charge in [0.2, 0.25) is 0 Å². The van der Waals surface area contributed by atoms with Crippen LogP contribution in [-0.4, -0.2) is 7.11 Å². The normalized spacial score (nSPS) is 18.4. The summed E-state index contributed by atoms with van der Waals surface area (Å²) in [5.41, 5.74) is 3.55. The maximum atomic E-state index is 8.77. The van der Waals surface area contributed by atoms with Crippen LogP contribution in [0.4, 0.5) is 0 Å². The first-order chi connectivity index (χ1) is 6.26. The number of fused-ring (bicyclic) bond motifs is 1. The van der Waals surface area contributed by atoms with Crippen molar-refractivity contribution in [3.63, 3.8) is 0 Å². The molecule has 0 saturated heterocycles. The SMILES string of the molecule is COc1cc2c(cc1C)[C@H](C#N)C2. The van der Waals surface area contributed by atoms with E-state index in [1.165, 1.54) is 11.1 Å². The first-order valence-corrected chi connectivity index (χ1v) is 4.33. The van der Waals surface area contributed by atoms with Gasteiger partial charge >= 0.3 is 0 Å². The number of rotatable bonds is 1. The molecule has 0 heterocycles. The number of benzene rings is 1. The van der Waals surface area contributed by atoms with Gasteiger partial charge in [0, 0.05) is 0 Å². The summed E-state index contributed by atoms with van der Waals surface area (Å²) in [7, 11) is 1.68. The van der Waals surface area contributed by atoms with Crippen molar-refractivity contribution >= 4 is 0 Å². The van der Waals surface area contributed by atoms with Crippen molar-refractivity contribution in [2.75, 3.05) is 7.11 Å². The summed E-state index contributed by atoms with van der Waals surface area (Å²) in [6.45, 7) is 2.01. The molecule has 2 nitrogen and oxygen atoms in total. The zero-order chi connectivity index (χ0) is 9.42. The fraction of sp³-hybridized carbons (Fsp3) is 0.364. The molecule has 13 heavy (non-hydrogen) atoms. The Labute approximate surface area is 77.8 Å². The molecule has 1 aliphatic rings. The molecule has 1 aliphatic carbocycles. The first kappa shape index (κ1) is 8.12. The van der Waals surface area contributed by atoms with E-state index in [4.69, 9.17) is 10.00 Å². The van der Waals surface area contributed by atoms with Gasteiger partial charge in [-0.25, -0.2) is 0 Å². The number of hydrogen-bond acceptors (Lipinski definition) is 2. The van der Waals surface area contributed by atoms with Crippen molar-refractivity contribution in [3.05, 3.63) is 28.8 Å². The van der Waals surface area contributed by atoms with Gasteiger partial charge in [-0.2, -0.15) is 5.26 Å². The monoisotopic (exact) mass is 173 g/mol. The number of methoxy groups -OCH3 is 1. The first-order valence-electron chi connectivity index (χ1n) is 4.33. The third-order valence-electron chi connectivity index (χ3n) is 2.61. The van der Waals surface area contributed by atoms with E-state index in [1.54, 1.807) is 7.11 Å². The second-order valence-corrected chi connectivity index (χ2v) is 3.41. The molecule has 0 spiro atoms. The fourth-order valence-electron chi connectivity index (χ4n) is 1.79. The lowest BCUT2D eigenvalue weighted by Crippen LogP contribution is -2.15. The van der Waals surface area contributed by atoms with Gasteiger partial charge < -0.3 is 4.74 Å². The summed E-state index contributed by atoms with van der Waals surface area (Å²) in [6.07, 6.45) is 0.877. The smallest absolute Gasteiger partial charge is 0.122 e. The lowest BCUT2D eigenvalue weighted by Gasteiger charge is -2.25. The standard InChI is InChI=1S/C11H11NO/c1-7-3-10-8(4-9(10)6-12)5-11(7)13-2/h3,5,9H,4H2,1-2H3/t9-/m0/s1. The molecule has 0 unspecified atom stereocenters. The van der Waals surface area contributed by atoms with Crippen LogP contribution >= 0.6 is 0 Å². The summed E-state index contributed by atoms with van der Waals surface area (Å²) < 4.78 is 5.20. The van der Waals surface area contributed by atoms with Gasteiger partial charge in [0.15, 0.2) is 0 Å². The maximum absolute atomic E-state index is 8.77. The molecule has 0 N–H and O–H groups in total. The van der Waals surface area contributed by atoms with Crippen LogP contribution in [0.3, 0.4) is 0 Å². The van der Waals surface area contributed by atoms with Gasteiger partial charge in [0.1, 0.15) is 5.75 Å².